The zero-order chi connectivity index (χ0) is 16.2. The van der Waals surface area contributed by atoms with E-state index in [1.54, 1.807) is 18.3 Å². The highest BCUT2D eigenvalue weighted by Gasteiger charge is 2.26. The summed E-state index contributed by atoms with van der Waals surface area (Å²) < 4.78 is 0. The molecule has 1 fully saturated rings. The van der Waals surface area contributed by atoms with Crippen LogP contribution in [0.4, 0.5) is 5.69 Å². The molecule has 1 saturated heterocycles. The number of rotatable bonds is 4. The Morgan fingerprint density at radius 3 is 3.04 bits per heavy atom. The van der Waals surface area contributed by atoms with Gasteiger partial charge in [-0.15, -0.1) is 0 Å². The summed E-state index contributed by atoms with van der Waals surface area (Å²) in [5.41, 5.74) is 1.85. The number of halogens is 1. The van der Waals surface area contributed by atoms with E-state index in [1.807, 2.05) is 18.3 Å². The number of nitro benzene ring substituents is 1. The van der Waals surface area contributed by atoms with E-state index in [9.17, 15) is 10.1 Å². The Morgan fingerprint density at radius 1 is 1.43 bits per heavy atom. The number of nitrogens with one attached hydrogen (secondary N) is 1. The molecule has 0 bridgehead atoms. The molecule has 1 N–H and O–H groups in total. The molecule has 2 aromatic rings. The van der Waals surface area contributed by atoms with Gasteiger partial charge < -0.3 is 5.32 Å². The third-order valence-corrected chi connectivity index (χ3v) is 4.27. The van der Waals surface area contributed by atoms with Gasteiger partial charge in [-0.2, -0.15) is 0 Å². The maximum Gasteiger partial charge on any atom is 0.273 e. The van der Waals surface area contributed by atoms with Gasteiger partial charge in [0.1, 0.15) is 0 Å². The molecule has 1 unspecified atom stereocenters. The fraction of sp³-hybridized carbons (Fsp3) is 0.312. The summed E-state index contributed by atoms with van der Waals surface area (Å²) in [5, 5.41) is 15.1. The van der Waals surface area contributed by atoms with Gasteiger partial charge in [-0.3, -0.25) is 20.0 Å². The molecule has 0 saturated carbocycles. The second-order valence-corrected chi connectivity index (χ2v) is 5.94. The van der Waals surface area contributed by atoms with Crippen molar-refractivity contribution in [2.45, 2.75) is 12.6 Å². The Kier molecular flexibility index (Phi) is 4.85. The van der Waals surface area contributed by atoms with Crippen LogP contribution in [-0.2, 0) is 6.54 Å². The Labute approximate surface area is 139 Å². The van der Waals surface area contributed by atoms with Crippen molar-refractivity contribution < 1.29 is 4.92 Å². The number of aromatic nitrogens is 1. The highest BCUT2D eigenvalue weighted by atomic mass is 35.5. The van der Waals surface area contributed by atoms with Crippen molar-refractivity contribution in [1.82, 2.24) is 15.2 Å². The van der Waals surface area contributed by atoms with Crippen molar-refractivity contribution >= 4 is 17.3 Å². The van der Waals surface area contributed by atoms with E-state index >= 15 is 0 Å². The standard InChI is InChI=1S/C16H17ClN4O2/c17-14-3-4-15(21(22)23)13(8-14)11-20-7-6-19-10-16(20)12-2-1-5-18-9-12/h1-5,8-9,16,19H,6-7,10-11H2. The normalized spacial score (nSPS) is 18.7. The first-order valence-corrected chi connectivity index (χ1v) is 7.80. The lowest BCUT2D eigenvalue weighted by atomic mass is 10.0. The van der Waals surface area contributed by atoms with Gasteiger partial charge in [0, 0.05) is 61.3 Å². The first kappa shape index (κ1) is 15.9. The number of nitro groups is 1. The fourth-order valence-electron chi connectivity index (χ4n) is 2.92. The second-order valence-electron chi connectivity index (χ2n) is 5.51. The average molecular weight is 333 g/mol. The molecule has 1 aliphatic heterocycles. The van der Waals surface area contributed by atoms with Gasteiger partial charge in [0.15, 0.2) is 0 Å². The summed E-state index contributed by atoms with van der Waals surface area (Å²) in [7, 11) is 0. The minimum Gasteiger partial charge on any atom is -0.314 e. The molecular weight excluding hydrogens is 316 g/mol. The minimum absolute atomic E-state index is 0.109. The summed E-state index contributed by atoms with van der Waals surface area (Å²) in [6.07, 6.45) is 3.59. The quantitative estimate of drug-likeness (QED) is 0.688. The van der Waals surface area contributed by atoms with Gasteiger partial charge in [-0.1, -0.05) is 17.7 Å². The third kappa shape index (κ3) is 3.67. The molecule has 23 heavy (non-hydrogen) atoms. The number of piperazine rings is 1. The number of benzene rings is 1. The summed E-state index contributed by atoms with van der Waals surface area (Å²) >= 11 is 6.03. The maximum atomic E-state index is 11.2. The fourth-order valence-corrected chi connectivity index (χ4v) is 3.11. The van der Waals surface area contributed by atoms with Gasteiger partial charge in [0.25, 0.3) is 5.69 Å². The van der Waals surface area contributed by atoms with Crippen LogP contribution in [0.25, 0.3) is 0 Å². The van der Waals surface area contributed by atoms with Gasteiger partial charge in [0.05, 0.1) is 4.92 Å². The molecule has 0 spiro atoms. The first-order valence-electron chi connectivity index (χ1n) is 7.42. The highest BCUT2D eigenvalue weighted by molar-refractivity contribution is 6.30. The molecule has 1 aromatic heterocycles. The van der Waals surface area contributed by atoms with Gasteiger partial charge in [-0.05, 0) is 23.8 Å². The maximum absolute atomic E-state index is 11.2. The number of nitrogens with zero attached hydrogens (tertiary/aromatic N) is 3. The van der Waals surface area contributed by atoms with E-state index in [0.29, 0.717) is 17.1 Å². The lowest BCUT2D eigenvalue weighted by Gasteiger charge is -2.36. The Balaban J connectivity index is 1.88. The molecule has 0 radical (unpaired) electrons. The van der Waals surface area contributed by atoms with Crippen LogP contribution >= 0.6 is 11.6 Å². The van der Waals surface area contributed by atoms with Gasteiger partial charge >= 0.3 is 0 Å². The van der Waals surface area contributed by atoms with Crippen LogP contribution in [-0.4, -0.2) is 34.4 Å². The van der Waals surface area contributed by atoms with Gasteiger partial charge in [-0.25, -0.2) is 0 Å². The summed E-state index contributed by atoms with van der Waals surface area (Å²) in [4.78, 5) is 17.3. The summed E-state index contributed by atoms with van der Waals surface area (Å²) in [5.74, 6) is 0. The Morgan fingerprint density at radius 2 is 2.30 bits per heavy atom. The minimum atomic E-state index is -0.354. The predicted octanol–water partition coefficient (Wildman–Crippen LogP) is 2.79. The lowest BCUT2D eigenvalue weighted by molar-refractivity contribution is -0.385. The molecule has 6 nitrogen and oxygen atoms in total. The van der Waals surface area contributed by atoms with Crippen LogP contribution in [0.15, 0.2) is 42.7 Å². The van der Waals surface area contributed by atoms with Crippen molar-refractivity contribution in [2.75, 3.05) is 19.6 Å². The highest BCUT2D eigenvalue weighted by Crippen LogP contribution is 2.28. The van der Waals surface area contributed by atoms with E-state index in [4.69, 9.17) is 11.6 Å². The number of hydrogen-bond acceptors (Lipinski definition) is 5. The molecule has 2 heterocycles. The van der Waals surface area contributed by atoms with E-state index in [2.05, 4.69) is 15.2 Å². The second kappa shape index (κ2) is 7.04. The smallest absolute Gasteiger partial charge is 0.273 e. The molecule has 0 aliphatic carbocycles. The van der Waals surface area contributed by atoms with Crippen LogP contribution < -0.4 is 5.32 Å². The zero-order valence-electron chi connectivity index (χ0n) is 12.5. The van der Waals surface area contributed by atoms with Crippen LogP contribution in [0.5, 0.6) is 0 Å². The monoisotopic (exact) mass is 332 g/mol. The van der Waals surface area contributed by atoms with Crippen molar-refractivity contribution in [3.63, 3.8) is 0 Å². The van der Waals surface area contributed by atoms with E-state index in [-0.39, 0.29) is 16.7 Å². The van der Waals surface area contributed by atoms with E-state index < -0.39 is 0 Å². The summed E-state index contributed by atoms with van der Waals surface area (Å²) in [6.45, 7) is 2.94. The van der Waals surface area contributed by atoms with Crippen molar-refractivity contribution in [1.29, 1.82) is 0 Å². The number of pyridine rings is 1. The molecule has 1 aliphatic rings. The van der Waals surface area contributed by atoms with Crippen LogP contribution in [0.2, 0.25) is 5.02 Å². The Hall–Kier alpha value is -2.02. The molecule has 7 heteroatoms. The zero-order valence-corrected chi connectivity index (χ0v) is 13.2. The SMILES string of the molecule is O=[N+]([O-])c1ccc(Cl)cc1CN1CCNCC1c1cccnc1. The van der Waals surface area contributed by atoms with Crippen LogP contribution in [0.3, 0.4) is 0 Å². The van der Waals surface area contributed by atoms with Crippen molar-refractivity contribution in [3.8, 4) is 0 Å². The van der Waals surface area contributed by atoms with E-state index in [1.165, 1.54) is 6.07 Å². The van der Waals surface area contributed by atoms with Crippen LogP contribution in [0.1, 0.15) is 17.2 Å². The van der Waals surface area contributed by atoms with Crippen molar-refractivity contribution in [2.24, 2.45) is 0 Å². The third-order valence-electron chi connectivity index (χ3n) is 4.04. The molecule has 3 rings (SSSR count). The number of hydrogen-bond donors (Lipinski definition) is 1. The summed E-state index contributed by atoms with van der Waals surface area (Å²) in [6, 6.07) is 8.78. The van der Waals surface area contributed by atoms with E-state index in [0.717, 1.165) is 25.2 Å². The topological polar surface area (TPSA) is 71.3 Å². The molecule has 120 valence electrons. The molecule has 1 atom stereocenters. The van der Waals surface area contributed by atoms with Crippen molar-refractivity contribution in [3.05, 3.63) is 69.0 Å². The lowest BCUT2D eigenvalue weighted by Crippen LogP contribution is -2.45. The molecule has 0 amide bonds. The van der Waals surface area contributed by atoms with Gasteiger partial charge in [0.2, 0.25) is 0 Å². The predicted molar refractivity (Wildman–Crippen MR) is 88.4 cm³/mol. The average Bonchev–Trinajstić information content (AvgIpc) is 2.56. The van der Waals surface area contributed by atoms with Crippen LogP contribution in [0, 0.1) is 10.1 Å². The largest absolute Gasteiger partial charge is 0.314 e. The first-order chi connectivity index (χ1) is 11.1. The Bertz CT molecular complexity index is 696. The molecular formula is C16H17ClN4O2. The molecule has 1 aromatic carbocycles.